The van der Waals surface area contributed by atoms with Crippen molar-refractivity contribution in [2.75, 3.05) is 6.61 Å². The predicted molar refractivity (Wildman–Crippen MR) is 121 cm³/mol. The van der Waals surface area contributed by atoms with Crippen molar-refractivity contribution in [1.29, 1.82) is 0 Å². The van der Waals surface area contributed by atoms with Gasteiger partial charge in [-0.2, -0.15) is 5.10 Å². The number of rotatable bonds is 6. The first kappa shape index (κ1) is 22.8. The molecule has 34 heavy (non-hydrogen) atoms. The van der Waals surface area contributed by atoms with Crippen molar-refractivity contribution in [3.63, 3.8) is 0 Å². The molecule has 1 aliphatic rings. The summed E-state index contributed by atoms with van der Waals surface area (Å²) in [6.45, 7) is 3.21. The Morgan fingerprint density at radius 3 is 2.53 bits per heavy atom. The van der Waals surface area contributed by atoms with E-state index in [1.165, 1.54) is 12.3 Å². The van der Waals surface area contributed by atoms with Gasteiger partial charge in [0, 0.05) is 17.5 Å². The van der Waals surface area contributed by atoms with Gasteiger partial charge in [-0.3, -0.25) is 25.2 Å². The molecule has 3 amide bonds. The van der Waals surface area contributed by atoms with E-state index in [4.69, 9.17) is 13.6 Å². The predicted octanol–water partition coefficient (Wildman–Crippen LogP) is 2.80. The highest BCUT2D eigenvalue weighted by molar-refractivity contribution is 6.07. The highest BCUT2D eigenvalue weighted by Crippen LogP contribution is 2.29. The molecule has 10 nitrogen and oxygen atoms in total. The Bertz CT molecular complexity index is 1240. The van der Waals surface area contributed by atoms with Gasteiger partial charge in [-0.25, -0.2) is 5.43 Å². The lowest BCUT2D eigenvalue weighted by molar-refractivity contribution is -0.123. The Kier molecular flexibility index (Phi) is 6.77. The number of benzene rings is 1. The number of furan rings is 2. The average Bonchev–Trinajstić information content (AvgIpc) is 3.43. The maximum atomic E-state index is 12.7. The van der Waals surface area contributed by atoms with Crippen molar-refractivity contribution in [3.05, 3.63) is 76.6 Å². The second kappa shape index (κ2) is 10.1. The van der Waals surface area contributed by atoms with E-state index in [1.807, 2.05) is 18.2 Å². The van der Waals surface area contributed by atoms with E-state index < -0.39 is 17.7 Å². The average molecular weight is 464 g/mol. The van der Waals surface area contributed by atoms with Crippen LogP contribution in [0.2, 0.25) is 0 Å². The van der Waals surface area contributed by atoms with E-state index in [2.05, 4.69) is 21.4 Å². The second-order valence-corrected chi connectivity index (χ2v) is 7.70. The number of aryl methyl sites for hydroxylation is 2. The highest BCUT2D eigenvalue weighted by atomic mass is 16.5. The van der Waals surface area contributed by atoms with E-state index >= 15 is 0 Å². The number of fused-ring (bicyclic) bond motifs is 1. The van der Waals surface area contributed by atoms with Crippen molar-refractivity contribution in [2.24, 2.45) is 5.10 Å². The number of para-hydroxylation sites is 1. The number of hydrazine groups is 1. The molecule has 0 unspecified atom stereocenters. The van der Waals surface area contributed by atoms with E-state index in [0.717, 1.165) is 6.42 Å². The van der Waals surface area contributed by atoms with Gasteiger partial charge in [0.15, 0.2) is 12.4 Å². The van der Waals surface area contributed by atoms with E-state index in [0.29, 0.717) is 52.5 Å². The Labute approximate surface area is 195 Å². The van der Waals surface area contributed by atoms with E-state index in [1.54, 1.807) is 26.0 Å². The summed E-state index contributed by atoms with van der Waals surface area (Å²) >= 11 is 0. The Balaban J connectivity index is 1.41. The lowest BCUT2D eigenvalue weighted by atomic mass is 9.93. The zero-order valence-electron chi connectivity index (χ0n) is 18.8. The maximum Gasteiger partial charge on any atom is 0.305 e. The quantitative estimate of drug-likeness (QED) is 0.480. The number of hydrogen-bond donors (Lipinski definition) is 3. The molecule has 2 aromatic heterocycles. The molecule has 0 saturated heterocycles. The molecule has 0 bridgehead atoms. The minimum Gasteiger partial charge on any atom is -0.484 e. The third kappa shape index (κ3) is 5.01. The number of hydrogen-bond acceptors (Lipinski definition) is 7. The first-order valence-electron chi connectivity index (χ1n) is 10.7. The van der Waals surface area contributed by atoms with Crippen molar-refractivity contribution >= 4 is 23.4 Å². The third-order valence-corrected chi connectivity index (χ3v) is 5.35. The zero-order valence-corrected chi connectivity index (χ0v) is 18.8. The summed E-state index contributed by atoms with van der Waals surface area (Å²) in [6, 6.07) is 10.5. The van der Waals surface area contributed by atoms with Gasteiger partial charge in [-0.05, 0) is 44.9 Å². The molecule has 1 aromatic carbocycles. The molecule has 1 aliphatic carbocycles. The topological polar surface area (TPSA) is 135 Å². The van der Waals surface area contributed by atoms with Gasteiger partial charge < -0.3 is 13.6 Å². The molecule has 4 rings (SSSR count). The number of nitrogens with one attached hydrogen (secondary N) is 3. The van der Waals surface area contributed by atoms with Crippen LogP contribution >= 0.6 is 0 Å². The van der Waals surface area contributed by atoms with Crippen LogP contribution < -0.4 is 21.0 Å². The molecule has 0 atom stereocenters. The van der Waals surface area contributed by atoms with Gasteiger partial charge in [0.25, 0.3) is 11.8 Å². The van der Waals surface area contributed by atoms with Crippen molar-refractivity contribution in [2.45, 2.75) is 33.1 Å². The van der Waals surface area contributed by atoms with Gasteiger partial charge in [-0.1, -0.05) is 18.2 Å². The van der Waals surface area contributed by atoms with Gasteiger partial charge in [0.2, 0.25) is 0 Å². The molecule has 10 heteroatoms. The molecule has 0 saturated carbocycles. The van der Waals surface area contributed by atoms with Crippen LogP contribution in [0.5, 0.6) is 5.75 Å². The highest BCUT2D eigenvalue weighted by Gasteiger charge is 2.28. The third-order valence-electron chi connectivity index (χ3n) is 5.35. The largest absolute Gasteiger partial charge is 0.484 e. The first-order chi connectivity index (χ1) is 16.4. The van der Waals surface area contributed by atoms with Crippen molar-refractivity contribution < 1.29 is 28.0 Å². The Morgan fingerprint density at radius 2 is 1.79 bits per heavy atom. The second-order valence-electron chi connectivity index (χ2n) is 7.70. The van der Waals surface area contributed by atoms with Gasteiger partial charge in [0.05, 0.1) is 17.5 Å². The summed E-state index contributed by atoms with van der Waals surface area (Å²) in [4.78, 5) is 37.0. The molecule has 176 valence electrons. The van der Waals surface area contributed by atoms with Crippen LogP contribution in [0.3, 0.4) is 0 Å². The number of hydrazone groups is 1. The van der Waals surface area contributed by atoms with E-state index in [9.17, 15) is 14.4 Å². The number of carbonyl (C=O) groups excluding carboxylic acids is 3. The lowest BCUT2D eigenvalue weighted by Crippen LogP contribution is -2.41. The molecule has 2 heterocycles. The normalized spacial score (nSPS) is 13.8. The minimum absolute atomic E-state index is 0.0718. The molecular formula is C24H24N4O6. The van der Waals surface area contributed by atoms with Crippen LogP contribution in [0.15, 0.2) is 56.6 Å². The van der Waals surface area contributed by atoms with Crippen LogP contribution in [0.25, 0.3) is 0 Å². The van der Waals surface area contributed by atoms with Crippen molar-refractivity contribution in [3.8, 4) is 5.75 Å². The van der Waals surface area contributed by atoms with Gasteiger partial charge in [-0.15, -0.1) is 0 Å². The van der Waals surface area contributed by atoms with Crippen LogP contribution in [0, 0.1) is 13.8 Å². The first-order valence-corrected chi connectivity index (χ1v) is 10.7. The molecule has 0 aliphatic heterocycles. The van der Waals surface area contributed by atoms with Crippen LogP contribution in [0.1, 0.15) is 56.4 Å². The fraction of sp³-hybridized carbons (Fsp3) is 0.250. The SMILES string of the molecule is Cc1occc1C(=O)NNC(=O)c1oc2c(c1C)/C(=N/NC(=O)COc1ccccc1)CCC2. The molecule has 0 radical (unpaired) electrons. The summed E-state index contributed by atoms with van der Waals surface area (Å²) in [6.07, 6.45) is 3.40. The summed E-state index contributed by atoms with van der Waals surface area (Å²) in [7, 11) is 0. The Morgan fingerprint density at radius 1 is 1.03 bits per heavy atom. The maximum absolute atomic E-state index is 12.7. The monoisotopic (exact) mass is 464 g/mol. The molecular weight excluding hydrogens is 440 g/mol. The molecule has 3 aromatic rings. The van der Waals surface area contributed by atoms with Gasteiger partial charge in [0.1, 0.15) is 17.3 Å². The van der Waals surface area contributed by atoms with Crippen LogP contribution in [-0.4, -0.2) is 30.0 Å². The van der Waals surface area contributed by atoms with Gasteiger partial charge >= 0.3 is 5.91 Å². The van der Waals surface area contributed by atoms with E-state index in [-0.39, 0.29) is 12.4 Å². The molecule has 0 spiro atoms. The number of nitrogens with zero attached hydrogens (tertiary/aromatic N) is 1. The number of amides is 3. The standard InChI is InChI=1S/C24H24N4O6/c1-14-21-18(25-26-20(29)13-33-16-7-4-3-5-8-16)9-6-10-19(21)34-22(14)24(31)28-27-23(30)17-11-12-32-15(17)2/h3-5,7-8,11-12H,6,9-10,13H2,1-2H3,(H,26,29)(H,27,30)(H,28,31)/b25-18+. The zero-order chi connectivity index (χ0) is 24.1. The molecule has 0 fully saturated rings. The summed E-state index contributed by atoms with van der Waals surface area (Å²) in [5, 5.41) is 4.25. The lowest BCUT2D eigenvalue weighted by Gasteiger charge is -2.13. The fourth-order valence-electron chi connectivity index (χ4n) is 3.68. The van der Waals surface area contributed by atoms with Crippen LogP contribution in [0.4, 0.5) is 0 Å². The minimum atomic E-state index is -0.596. The smallest absolute Gasteiger partial charge is 0.305 e. The van der Waals surface area contributed by atoms with Crippen molar-refractivity contribution in [1.82, 2.24) is 16.3 Å². The summed E-state index contributed by atoms with van der Waals surface area (Å²) in [5.41, 5.74) is 9.42. The molecule has 3 N–H and O–H groups in total. The number of carbonyl (C=O) groups is 3. The van der Waals surface area contributed by atoms with Crippen LogP contribution in [-0.2, 0) is 11.2 Å². The number of ether oxygens (including phenoxy) is 1. The summed E-state index contributed by atoms with van der Waals surface area (Å²) in [5.74, 6) is 0.203. The fourth-order valence-corrected chi connectivity index (χ4v) is 3.68. The Hall–Kier alpha value is -4.34. The summed E-state index contributed by atoms with van der Waals surface area (Å²) < 4.78 is 16.3.